The van der Waals surface area contributed by atoms with E-state index in [9.17, 15) is 9.18 Å². The van der Waals surface area contributed by atoms with Crippen molar-refractivity contribution in [1.82, 2.24) is 4.98 Å². The predicted molar refractivity (Wildman–Crippen MR) is 95.2 cm³/mol. The Kier molecular flexibility index (Phi) is 5.50. The Morgan fingerprint density at radius 2 is 2.08 bits per heavy atom. The molecule has 3 rings (SSSR count). The second kappa shape index (κ2) is 7.80. The van der Waals surface area contributed by atoms with E-state index in [0.717, 1.165) is 32.6 Å². The van der Waals surface area contributed by atoms with E-state index in [2.05, 4.69) is 10.3 Å². The second-order valence-electron chi connectivity index (χ2n) is 6.08. The van der Waals surface area contributed by atoms with Crippen LogP contribution in [0.25, 0.3) is 11.1 Å². The standard InChI is InChI=1S/C18H19ClFN3O2/c19-16-10-23-17(18(21)24)8-15(16)12-5-13(20)7-14(6-12)22-9-11-1-3-25-4-2-11/h5-8,10-11,22H,1-4,9H2,(H2,21,24). The quantitative estimate of drug-likeness (QED) is 0.852. The number of hydrogen-bond donors (Lipinski definition) is 2. The van der Waals surface area contributed by atoms with Gasteiger partial charge in [-0.1, -0.05) is 11.6 Å². The van der Waals surface area contributed by atoms with Crippen molar-refractivity contribution in [2.75, 3.05) is 25.1 Å². The summed E-state index contributed by atoms with van der Waals surface area (Å²) in [6.07, 6.45) is 3.33. The molecule has 7 heteroatoms. The van der Waals surface area contributed by atoms with Gasteiger partial charge in [-0.25, -0.2) is 9.37 Å². The first kappa shape index (κ1) is 17.6. The average molecular weight is 364 g/mol. The number of carbonyl (C=O) groups is 1. The minimum atomic E-state index is -0.660. The van der Waals surface area contributed by atoms with Crippen molar-refractivity contribution in [2.24, 2.45) is 11.7 Å². The van der Waals surface area contributed by atoms with Crippen LogP contribution in [0.5, 0.6) is 0 Å². The molecule has 132 valence electrons. The number of hydrogen-bond acceptors (Lipinski definition) is 4. The van der Waals surface area contributed by atoms with Gasteiger partial charge in [-0.05, 0) is 48.6 Å². The van der Waals surface area contributed by atoms with E-state index in [-0.39, 0.29) is 11.5 Å². The van der Waals surface area contributed by atoms with Gasteiger partial charge in [-0.3, -0.25) is 4.79 Å². The molecule has 0 aliphatic carbocycles. The number of halogens is 2. The highest BCUT2D eigenvalue weighted by molar-refractivity contribution is 6.33. The first-order valence-electron chi connectivity index (χ1n) is 8.11. The molecule has 3 N–H and O–H groups in total. The van der Waals surface area contributed by atoms with Gasteiger partial charge in [0.15, 0.2) is 0 Å². The van der Waals surface area contributed by atoms with Crippen LogP contribution in [0.3, 0.4) is 0 Å². The van der Waals surface area contributed by atoms with Gasteiger partial charge in [-0.15, -0.1) is 0 Å². The Morgan fingerprint density at radius 1 is 1.32 bits per heavy atom. The van der Waals surface area contributed by atoms with Crippen LogP contribution in [0.2, 0.25) is 5.02 Å². The van der Waals surface area contributed by atoms with E-state index in [1.807, 2.05) is 0 Å². The molecule has 1 saturated heterocycles. The van der Waals surface area contributed by atoms with Crippen molar-refractivity contribution in [2.45, 2.75) is 12.8 Å². The highest BCUT2D eigenvalue weighted by Crippen LogP contribution is 2.31. The number of nitrogens with zero attached hydrogens (tertiary/aromatic N) is 1. The molecule has 2 aromatic rings. The molecule has 0 unspecified atom stereocenters. The highest BCUT2D eigenvalue weighted by atomic mass is 35.5. The molecule has 1 amide bonds. The molecule has 0 atom stereocenters. The fourth-order valence-corrected chi connectivity index (χ4v) is 3.07. The first-order valence-corrected chi connectivity index (χ1v) is 8.48. The monoisotopic (exact) mass is 363 g/mol. The summed E-state index contributed by atoms with van der Waals surface area (Å²) in [5, 5.41) is 3.60. The molecular weight excluding hydrogens is 345 g/mol. The van der Waals surface area contributed by atoms with Crippen LogP contribution in [0.15, 0.2) is 30.5 Å². The van der Waals surface area contributed by atoms with Gasteiger partial charge in [0.05, 0.1) is 5.02 Å². The Balaban J connectivity index is 1.84. The largest absolute Gasteiger partial charge is 0.385 e. The van der Waals surface area contributed by atoms with E-state index < -0.39 is 5.91 Å². The summed E-state index contributed by atoms with van der Waals surface area (Å²) in [5.74, 6) is -0.542. The van der Waals surface area contributed by atoms with Crippen LogP contribution in [0.1, 0.15) is 23.3 Å². The third-order valence-electron chi connectivity index (χ3n) is 4.25. The van der Waals surface area contributed by atoms with E-state index in [0.29, 0.717) is 27.8 Å². The number of benzene rings is 1. The van der Waals surface area contributed by atoms with Crippen LogP contribution in [0, 0.1) is 11.7 Å². The van der Waals surface area contributed by atoms with Gasteiger partial charge in [0.25, 0.3) is 5.91 Å². The van der Waals surface area contributed by atoms with Crippen molar-refractivity contribution >= 4 is 23.2 Å². The minimum absolute atomic E-state index is 0.0837. The molecule has 0 bridgehead atoms. The fraction of sp³-hybridized carbons (Fsp3) is 0.333. The molecule has 0 radical (unpaired) electrons. The van der Waals surface area contributed by atoms with Gasteiger partial charge < -0.3 is 15.8 Å². The number of aromatic nitrogens is 1. The van der Waals surface area contributed by atoms with E-state index in [4.69, 9.17) is 22.1 Å². The lowest BCUT2D eigenvalue weighted by molar-refractivity contribution is 0.0699. The smallest absolute Gasteiger partial charge is 0.267 e. The predicted octanol–water partition coefficient (Wildman–Crippen LogP) is 3.48. The van der Waals surface area contributed by atoms with E-state index in [1.165, 1.54) is 24.4 Å². The summed E-state index contributed by atoms with van der Waals surface area (Å²) in [7, 11) is 0. The lowest BCUT2D eigenvalue weighted by atomic mass is 10.00. The minimum Gasteiger partial charge on any atom is -0.385 e. The normalized spacial score (nSPS) is 15.1. The molecule has 1 fully saturated rings. The second-order valence-corrected chi connectivity index (χ2v) is 6.49. The lowest BCUT2D eigenvalue weighted by Crippen LogP contribution is -2.22. The summed E-state index contributed by atoms with van der Waals surface area (Å²) in [4.78, 5) is 15.2. The Hall–Kier alpha value is -2.18. The summed E-state index contributed by atoms with van der Waals surface area (Å²) < 4.78 is 19.4. The van der Waals surface area contributed by atoms with Crippen LogP contribution < -0.4 is 11.1 Å². The van der Waals surface area contributed by atoms with Crippen molar-refractivity contribution in [1.29, 1.82) is 0 Å². The molecule has 1 aromatic heterocycles. The number of anilines is 1. The SMILES string of the molecule is NC(=O)c1cc(-c2cc(F)cc(NCC3CCOCC3)c2)c(Cl)cn1. The molecule has 25 heavy (non-hydrogen) atoms. The zero-order chi connectivity index (χ0) is 17.8. The average Bonchev–Trinajstić information content (AvgIpc) is 2.60. The van der Waals surface area contributed by atoms with Gasteiger partial charge in [0.2, 0.25) is 0 Å². The zero-order valence-corrected chi connectivity index (χ0v) is 14.4. The zero-order valence-electron chi connectivity index (χ0n) is 13.6. The molecule has 0 spiro atoms. The molecular formula is C18H19ClFN3O2. The topological polar surface area (TPSA) is 77.2 Å². The maximum absolute atomic E-state index is 14.1. The number of ether oxygens (including phenoxy) is 1. The lowest BCUT2D eigenvalue weighted by Gasteiger charge is -2.22. The number of nitrogens with two attached hydrogens (primary N) is 1. The third kappa shape index (κ3) is 4.46. The van der Waals surface area contributed by atoms with Gasteiger partial charge in [0, 0.05) is 37.2 Å². The number of pyridine rings is 1. The van der Waals surface area contributed by atoms with Crippen molar-refractivity contribution in [3.05, 3.63) is 47.0 Å². The van der Waals surface area contributed by atoms with E-state index in [1.54, 1.807) is 6.07 Å². The fourth-order valence-electron chi connectivity index (χ4n) is 2.85. The molecule has 2 heterocycles. The maximum atomic E-state index is 14.1. The Labute approximate surface area is 150 Å². The summed E-state index contributed by atoms with van der Waals surface area (Å²) in [6.45, 7) is 2.29. The number of carbonyl (C=O) groups excluding carboxylic acids is 1. The number of nitrogens with one attached hydrogen (secondary N) is 1. The first-order chi connectivity index (χ1) is 12.0. The summed E-state index contributed by atoms with van der Waals surface area (Å²) in [5.41, 5.74) is 7.08. The van der Waals surface area contributed by atoms with Gasteiger partial charge in [-0.2, -0.15) is 0 Å². The van der Waals surface area contributed by atoms with Crippen LogP contribution in [0.4, 0.5) is 10.1 Å². The summed E-state index contributed by atoms with van der Waals surface area (Å²) in [6, 6.07) is 6.08. The molecule has 1 aliphatic heterocycles. The number of rotatable bonds is 5. The third-order valence-corrected chi connectivity index (χ3v) is 4.55. The molecule has 1 aromatic carbocycles. The molecule has 0 saturated carbocycles. The Morgan fingerprint density at radius 3 is 2.80 bits per heavy atom. The Bertz CT molecular complexity index is 779. The molecule has 1 aliphatic rings. The van der Waals surface area contributed by atoms with Crippen LogP contribution in [-0.2, 0) is 4.74 Å². The number of amides is 1. The van der Waals surface area contributed by atoms with Gasteiger partial charge >= 0.3 is 0 Å². The van der Waals surface area contributed by atoms with Crippen LogP contribution >= 0.6 is 11.6 Å². The summed E-state index contributed by atoms with van der Waals surface area (Å²) >= 11 is 6.17. The van der Waals surface area contributed by atoms with Crippen LogP contribution in [-0.4, -0.2) is 30.6 Å². The maximum Gasteiger partial charge on any atom is 0.267 e. The highest BCUT2D eigenvalue weighted by Gasteiger charge is 2.15. The van der Waals surface area contributed by atoms with E-state index >= 15 is 0 Å². The van der Waals surface area contributed by atoms with Crippen molar-refractivity contribution < 1.29 is 13.9 Å². The van der Waals surface area contributed by atoms with Crippen molar-refractivity contribution in [3.8, 4) is 11.1 Å². The molecule has 5 nitrogen and oxygen atoms in total. The number of primary amides is 1. The van der Waals surface area contributed by atoms with Gasteiger partial charge in [0.1, 0.15) is 11.5 Å². The van der Waals surface area contributed by atoms with Crippen molar-refractivity contribution in [3.63, 3.8) is 0 Å².